The average Bonchev–Trinajstić information content (AvgIpc) is 2.90. The van der Waals surface area contributed by atoms with E-state index in [1.165, 1.54) is 24.0 Å². The average molecular weight is 235 g/mol. The Hall–Kier alpha value is -0.900. The van der Waals surface area contributed by atoms with Crippen LogP contribution in [-0.4, -0.2) is 27.4 Å². The Bertz CT molecular complexity index is 331. The van der Waals surface area contributed by atoms with Crippen LogP contribution in [0.3, 0.4) is 0 Å². The van der Waals surface area contributed by atoms with Gasteiger partial charge in [0.15, 0.2) is 0 Å². The van der Waals surface area contributed by atoms with Crippen LogP contribution in [0.4, 0.5) is 0 Å². The molecule has 0 aliphatic carbocycles. The van der Waals surface area contributed by atoms with Gasteiger partial charge in [-0.2, -0.15) is 0 Å². The van der Waals surface area contributed by atoms with E-state index in [2.05, 4.69) is 29.6 Å². The van der Waals surface area contributed by atoms with Crippen LogP contribution in [0, 0.1) is 0 Å². The highest BCUT2D eigenvalue weighted by atomic mass is 16.5. The summed E-state index contributed by atoms with van der Waals surface area (Å²) in [5.41, 5.74) is 2.55. The highest BCUT2D eigenvalue weighted by molar-refractivity contribution is 5.27. The van der Waals surface area contributed by atoms with Crippen molar-refractivity contribution in [2.24, 2.45) is 0 Å². The first kappa shape index (κ1) is 12.6. The highest BCUT2D eigenvalue weighted by Crippen LogP contribution is 2.25. The topological polar surface area (TPSA) is 30.5 Å². The van der Waals surface area contributed by atoms with E-state index in [0.717, 1.165) is 6.54 Å². The van der Waals surface area contributed by atoms with Crippen molar-refractivity contribution in [2.75, 3.05) is 27.4 Å². The van der Waals surface area contributed by atoms with Gasteiger partial charge in [-0.3, -0.25) is 0 Å². The molecule has 0 aromatic heterocycles. The molecule has 1 aromatic carbocycles. The Morgan fingerprint density at radius 2 is 2.06 bits per heavy atom. The van der Waals surface area contributed by atoms with Gasteiger partial charge in [-0.1, -0.05) is 24.3 Å². The van der Waals surface area contributed by atoms with Crippen LogP contribution >= 0.6 is 0 Å². The molecule has 3 heteroatoms. The van der Waals surface area contributed by atoms with Crippen LogP contribution in [0.2, 0.25) is 0 Å². The Kier molecular flexibility index (Phi) is 4.54. The van der Waals surface area contributed by atoms with Crippen LogP contribution in [0.25, 0.3) is 0 Å². The van der Waals surface area contributed by atoms with Crippen LogP contribution in [0.5, 0.6) is 0 Å². The third-order valence-electron chi connectivity index (χ3n) is 3.37. The lowest BCUT2D eigenvalue weighted by molar-refractivity contribution is 0.0275. The van der Waals surface area contributed by atoms with Crippen molar-refractivity contribution >= 4 is 0 Å². The Balaban J connectivity index is 2.05. The fraction of sp³-hybridized carbons (Fsp3) is 0.571. The summed E-state index contributed by atoms with van der Waals surface area (Å²) in [6, 6.07) is 9.21. The number of benzene rings is 1. The van der Waals surface area contributed by atoms with Gasteiger partial charge >= 0.3 is 0 Å². The fourth-order valence-electron chi connectivity index (χ4n) is 2.36. The van der Waals surface area contributed by atoms with Gasteiger partial charge in [0.2, 0.25) is 0 Å². The molecule has 0 radical (unpaired) electrons. The second-order valence-corrected chi connectivity index (χ2v) is 4.50. The minimum atomic E-state index is 0.0330. The van der Waals surface area contributed by atoms with Crippen molar-refractivity contribution in [1.29, 1.82) is 0 Å². The summed E-state index contributed by atoms with van der Waals surface area (Å²) in [5, 5.41) is 3.50. The summed E-state index contributed by atoms with van der Waals surface area (Å²) >= 11 is 0. The third kappa shape index (κ3) is 3.06. The molecule has 1 N–H and O–H groups in total. The standard InChI is InChI=1S/C14H21NO2/c1-16-10-14(17-2)12-7-5-11(6-8-12)13-4-3-9-15-13/h5-8,13-15H,3-4,9-10H2,1-2H3. The molecule has 17 heavy (non-hydrogen) atoms. The number of methoxy groups -OCH3 is 2. The maximum Gasteiger partial charge on any atom is 0.105 e. The number of rotatable bonds is 5. The van der Waals surface area contributed by atoms with E-state index in [4.69, 9.17) is 9.47 Å². The molecule has 0 amide bonds. The smallest absolute Gasteiger partial charge is 0.105 e. The molecule has 3 nitrogen and oxygen atoms in total. The van der Waals surface area contributed by atoms with Gasteiger partial charge in [-0.25, -0.2) is 0 Å². The van der Waals surface area contributed by atoms with Crippen molar-refractivity contribution < 1.29 is 9.47 Å². The molecule has 1 fully saturated rings. The molecule has 0 saturated carbocycles. The molecule has 0 spiro atoms. The fourth-order valence-corrected chi connectivity index (χ4v) is 2.36. The van der Waals surface area contributed by atoms with Gasteiger partial charge in [-0.15, -0.1) is 0 Å². The zero-order valence-corrected chi connectivity index (χ0v) is 10.6. The first-order valence-corrected chi connectivity index (χ1v) is 6.20. The van der Waals surface area contributed by atoms with Crippen LogP contribution in [-0.2, 0) is 9.47 Å². The van der Waals surface area contributed by atoms with Crippen molar-refractivity contribution in [2.45, 2.75) is 25.0 Å². The number of ether oxygens (including phenoxy) is 2. The van der Waals surface area contributed by atoms with Crippen molar-refractivity contribution in [1.82, 2.24) is 5.32 Å². The number of hydrogen-bond donors (Lipinski definition) is 1. The lowest BCUT2D eigenvalue weighted by atomic mass is 10.0. The SMILES string of the molecule is COCC(OC)c1ccc(C2CCCN2)cc1. The number of nitrogens with one attached hydrogen (secondary N) is 1. The Morgan fingerprint density at radius 1 is 1.29 bits per heavy atom. The molecular formula is C14H21NO2. The minimum absolute atomic E-state index is 0.0330. The summed E-state index contributed by atoms with van der Waals surface area (Å²) < 4.78 is 10.5. The Labute approximate surface area is 103 Å². The molecule has 1 aliphatic rings. The lowest BCUT2D eigenvalue weighted by Gasteiger charge is -2.16. The highest BCUT2D eigenvalue weighted by Gasteiger charge is 2.16. The summed E-state index contributed by atoms with van der Waals surface area (Å²) in [6.07, 6.45) is 2.55. The van der Waals surface area contributed by atoms with Gasteiger partial charge in [-0.05, 0) is 30.5 Å². The molecular weight excluding hydrogens is 214 g/mol. The van der Waals surface area contributed by atoms with Crippen LogP contribution < -0.4 is 5.32 Å². The maximum atomic E-state index is 5.40. The molecule has 1 aromatic rings. The largest absolute Gasteiger partial charge is 0.382 e. The second-order valence-electron chi connectivity index (χ2n) is 4.50. The van der Waals surface area contributed by atoms with Gasteiger partial charge in [0.25, 0.3) is 0 Å². The van der Waals surface area contributed by atoms with Crippen molar-refractivity contribution in [3.8, 4) is 0 Å². The minimum Gasteiger partial charge on any atom is -0.382 e. The van der Waals surface area contributed by atoms with E-state index >= 15 is 0 Å². The van der Waals surface area contributed by atoms with Crippen LogP contribution in [0.15, 0.2) is 24.3 Å². The molecule has 94 valence electrons. The Morgan fingerprint density at radius 3 is 2.59 bits per heavy atom. The van der Waals surface area contributed by atoms with E-state index in [1.807, 2.05) is 0 Å². The van der Waals surface area contributed by atoms with E-state index < -0.39 is 0 Å². The molecule has 2 atom stereocenters. The first-order chi connectivity index (χ1) is 8.35. The van der Waals surface area contributed by atoms with E-state index in [0.29, 0.717) is 12.6 Å². The summed E-state index contributed by atoms with van der Waals surface area (Å²) in [4.78, 5) is 0. The zero-order chi connectivity index (χ0) is 12.1. The quantitative estimate of drug-likeness (QED) is 0.850. The van der Waals surface area contributed by atoms with Gasteiger partial charge in [0, 0.05) is 20.3 Å². The first-order valence-electron chi connectivity index (χ1n) is 6.20. The lowest BCUT2D eigenvalue weighted by Crippen LogP contribution is -2.13. The van der Waals surface area contributed by atoms with Crippen molar-refractivity contribution in [3.63, 3.8) is 0 Å². The molecule has 1 heterocycles. The van der Waals surface area contributed by atoms with E-state index in [1.54, 1.807) is 14.2 Å². The van der Waals surface area contributed by atoms with Gasteiger partial charge in [0.1, 0.15) is 6.10 Å². The van der Waals surface area contributed by atoms with Gasteiger partial charge in [0.05, 0.1) is 6.61 Å². The predicted octanol–water partition coefficient (Wildman–Crippen LogP) is 2.45. The summed E-state index contributed by atoms with van der Waals surface area (Å²) in [5.74, 6) is 0. The van der Waals surface area contributed by atoms with E-state index in [-0.39, 0.29) is 6.10 Å². The zero-order valence-electron chi connectivity index (χ0n) is 10.6. The molecule has 2 rings (SSSR count). The molecule has 1 aliphatic heterocycles. The van der Waals surface area contributed by atoms with Crippen molar-refractivity contribution in [3.05, 3.63) is 35.4 Å². The summed E-state index contributed by atoms with van der Waals surface area (Å²) in [7, 11) is 3.42. The predicted molar refractivity (Wildman–Crippen MR) is 68.0 cm³/mol. The third-order valence-corrected chi connectivity index (χ3v) is 3.37. The summed E-state index contributed by atoms with van der Waals surface area (Å²) in [6.45, 7) is 1.73. The second kappa shape index (κ2) is 6.15. The number of hydrogen-bond acceptors (Lipinski definition) is 3. The maximum absolute atomic E-state index is 5.40. The van der Waals surface area contributed by atoms with Crippen LogP contribution in [0.1, 0.15) is 36.1 Å². The molecule has 2 unspecified atom stereocenters. The van der Waals surface area contributed by atoms with Gasteiger partial charge < -0.3 is 14.8 Å². The monoisotopic (exact) mass is 235 g/mol. The molecule has 0 bridgehead atoms. The van der Waals surface area contributed by atoms with E-state index in [9.17, 15) is 0 Å². The normalized spacial score (nSPS) is 21.6. The molecule has 1 saturated heterocycles.